The zero-order valence-electron chi connectivity index (χ0n) is 17.6. The smallest absolute Gasteiger partial charge is 0.379 e. The van der Waals surface area contributed by atoms with Crippen molar-refractivity contribution in [3.05, 3.63) is 71.0 Å². The van der Waals surface area contributed by atoms with Crippen LogP contribution in [0.2, 0.25) is 0 Å². The summed E-state index contributed by atoms with van der Waals surface area (Å²) in [5, 5.41) is 11.0. The highest BCUT2D eigenvalue weighted by Gasteiger charge is 2.57. The Balaban J connectivity index is 2.00. The number of anilines is 1. The second-order valence-electron chi connectivity index (χ2n) is 8.68. The number of β-amino-alcohol motifs (C(OH)–C–C–N with tert-alkyl or cyclic N) is 1. The van der Waals surface area contributed by atoms with Crippen LogP contribution in [0.25, 0.3) is 6.08 Å². The monoisotopic (exact) mass is 435 g/mol. The molecule has 3 nitrogen and oxygen atoms in total. The Hall–Kier alpha value is -2.67. The molecule has 0 saturated heterocycles. The number of nitrogens with zero attached hydrogens (tertiary/aromatic N) is 1. The van der Waals surface area contributed by atoms with Gasteiger partial charge in [-0.15, -0.1) is 0 Å². The minimum atomic E-state index is -4.94. The lowest BCUT2D eigenvalue weighted by molar-refractivity contribution is -0.262. The molecule has 1 aliphatic heterocycles. The number of halogens is 4. The van der Waals surface area contributed by atoms with Gasteiger partial charge in [-0.05, 0) is 54.2 Å². The summed E-state index contributed by atoms with van der Waals surface area (Å²) in [5.41, 5.74) is -2.78. The van der Waals surface area contributed by atoms with E-state index < -0.39 is 36.0 Å². The third-order valence-electron chi connectivity index (χ3n) is 5.71. The first-order valence-corrected chi connectivity index (χ1v) is 9.95. The lowest BCUT2D eigenvalue weighted by Gasteiger charge is -2.42. The molecule has 1 N–H and O–H groups in total. The van der Waals surface area contributed by atoms with Gasteiger partial charge in [0.15, 0.2) is 11.4 Å². The maximum Gasteiger partial charge on any atom is 0.418 e. The summed E-state index contributed by atoms with van der Waals surface area (Å²) in [5.74, 6) is -1.03. The first-order valence-electron chi connectivity index (χ1n) is 9.95. The number of aliphatic hydroxyl groups is 1. The van der Waals surface area contributed by atoms with Crippen molar-refractivity contribution in [2.45, 2.75) is 44.4 Å². The number of rotatable bonds is 6. The van der Waals surface area contributed by atoms with Gasteiger partial charge in [-0.1, -0.05) is 44.2 Å². The number of hydrogen-bond donors (Lipinski definition) is 1. The van der Waals surface area contributed by atoms with E-state index in [0.717, 1.165) is 17.7 Å². The van der Waals surface area contributed by atoms with Gasteiger partial charge < -0.3 is 10.0 Å². The average molecular weight is 435 g/mol. The van der Waals surface area contributed by atoms with E-state index >= 15 is 0 Å². The number of Topliss-reactive ketones (excluding diaryl/α,β-unsaturated/α-hetero) is 1. The van der Waals surface area contributed by atoms with Crippen LogP contribution in [0.4, 0.5) is 23.2 Å². The Bertz CT molecular complexity index is 1010. The van der Waals surface area contributed by atoms with E-state index in [1.54, 1.807) is 30.3 Å². The van der Waals surface area contributed by atoms with Crippen molar-refractivity contribution < 1.29 is 27.5 Å². The highest BCUT2D eigenvalue weighted by atomic mass is 19.4. The summed E-state index contributed by atoms with van der Waals surface area (Å²) < 4.78 is 56.5. The number of benzene rings is 2. The SMILES string of the molecule is CC(=O)c1ccc(F)cc1C(C)(C)CC(O)(CN1CC=Cc2ccccc21)C(F)(F)F. The lowest BCUT2D eigenvalue weighted by Crippen LogP contribution is -2.56. The minimum absolute atomic E-state index is 0.140. The van der Waals surface area contributed by atoms with E-state index in [1.165, 1.54) is 31.7 Å². The van der Waals surface area contributed by atoms with Gasteiger partial charge in [-0.2, -0.15) is 13.2 Å². The van der Waals surface area contributed by atoms with Crippen LogP contribution in [-0.4, -0.2) is 35.8 Å². The molecule has 7 heteroatoms. The standard InChI is InChI=1S/C24H25F4NO2/c1-16(30)19-11-10-18(25)13-20(19)22(2,3)14-23(31,24(26,27)28)15-29-12-6-8-17-7-4-5-9-21(17)29/h4-11,13,31H,12,14-15H2,1-3H3. The Morgan fingerprint density at radius 1 is 1.13 bits per heavy atom. The molecule has 0 radical (unpaired) electrons. The van der Waals surface area contributed by atoms with Crippen molar-refractivity contribution in [1.29, 1.82) is 0 Å². The Morgan fingerprint density at radius 2 is 1.81 bits per heavy atom. The lowest BCUT2D eigenvalue weighted by atomic mass is 9.72. The third kappa shape index (κ3) is 4.66. The topological polar surface area (TPSA) is 40.5 Å². The third-order valence-corrected chi connectivity index (χ3v) is 5.71. The molecular weight excluding hydrogens is 410 g/mol. The molecule has 1 atom stereocenters. The summed E-state index contributed by atoms with van der Waals surface area (Å²) in [4.78, 5) is 13.5. The molecule has 1 aliphatic rings. The van der Waals surface area contributed by atoms with E-state index in [-0.39, 0.29) is 23.5 Å². The molecule has 0 fully saturated rings. The van der Waals surface area contributed by atoms with Crippen LogP contribution in [0.3, 0.4) is 0 Å². The van der Waals surface area contributed by atoms with Crippen molar-refractivity contribution in [2.24, 2.45) is 0 Å². The maximum absolute atomic E-state index is 14.2. The van der Waals surface area contributed by atoms with Gasteiger partial charge in [-0.3, -0.25) is 4.79 Å². The van der Waals surface area contributed by atoms with Gasteiger partial charge >= 0.3 is 6.18 Å². The second-order valence-corrected chi connectivity index (χ2v) is 8.68. The molecule has 1 unspecified atom stereocenters. The molecule has 2 aromatic carbocycles. The van der Waals surface area contributed by atoms with Crippen LogP contribution in [0.5, 0.6) is 0 Å². The van der Waals surface area contributed by atoms with Crippen molar-refractivity contribution in [2.75, 3.05) is 18.0 Å². The van der Waals surface area contributed by atoms with Crippen molar-refractivity contribution in [3.8, 4) is 0 Å². The molecule has 166 valence electrons. The molecular formula is C24H25F4NO2. The van der Waals surface area contributed by atoms with Gasteiger partial charge in [0.1, 0.15) is 5.82 Å². The van der Waals surface area contributed by atoms with Gasteiger partial charge in [0.25, 0.3) is 0 Å². The van der Waals surface area contributed by atoms with Crippen LogP contribution < -0.4 is 4.90 Å². The molecule has 0 saturated carbocycles. The summed E-state index contributed by atoms with van der Waals surface area (Å²) in [6.07, 6.45) is -2.11. The zero-order chi connectivity index (χ0) is 23.0. The maximum atomic E-state index is 14.2. The fourth-order valence-corrected chi connectivity index (χ4v) is 4.24. The Kier molecular flexibility index (Phi) is 6.02. The van der Waals surface area contributed by atoms with Crippen molar-refractivity contribution >= 4 is 17.5 Å². The van der Waals surface area contributed by atoms with Gasteiger partial charge in [0.05, 0.1) is 6.54 Å². The van der Waals surface area contributed by atoms with E-state index in [9.17, 15) is 27.5 Å². The van der Waals surface area contributed by atoms with E-state index in [2.05, 4.69) is 0 Å². The van der Waals surface area contributed by atoms with Crippen LogP contribution in [0.15, 0.2) is 48.5 Å². The van der Waals surface area contributed by atoms with E-state index in [4.69, 9.17) is 0 Å². The van der Waals surface area contributed by atoms with Gasteiger partial charge in [0.2, 0.25) is 0 Å². The van der Waals surface area contributed by atoms with E-state index in [1.807, 2.05) is 6.08 Å². The molecule has 0 amide bonds. The summed E-state index contributed by atoms with van der Waals surface area (Å²) in [7, 11) is 0. The molecule has 2 aromatic rings. The largest absolute Gasteiger partial charge is 0.418 e. The van der Waals surface area contributed by atoms with Crippen molar-refractivity contribution in [1.82, 2.24) is 0 Å². The van der Waals surface area contributed by atoms with Crippen LogP contribution in [0.1, 0.15) is 48.7 Å². The highest BCUT2D eigenvalue weighted by molar-refractivity contribution is 5.95. The summed E-state index contributed by atoms with van der Waals surface area (Å²) in [6, 6.07) is 10.5. The van der Waals surface area contributed by atoms with Crippen LogP contribution in [0, 0.1) is 5.82 Å². The van der Waals surface area contributed by atoms with E-state index in [0.29, 0.717) is 5.69 Å². The molecule has 0 bridgehead atoms. The minimum Gasteiger partial charge on any atom is -0.379 e. The molecule has 0 aromatic heterocycles. The van der Waals surface area contributed by atoms with Gasteiger partial charge in [-0.25, -0.2) is 4.39 Å². The number of fused-ring (bicyclic) bond motifs is 1. The molecule has 3 rings (SSSR count). The number of alkyl halides is 3. The van der Waals surface area contributed by atoms with Crippen LogP contribution in [-0.2, 0) is 5.41 Å². The molecule has 31 heavy (non-hydrogen) atoms. The molecule has 1 heterocycles. The number of para-hydroxylation sites is 1. The predicted octanol–water partition coefficient (Wildman–Crippen LogP) is 5.52. The number of carbonyl (C=O) groups is 1. The molecule has 0 aliphatic carbocycles. The summed E-state index contributed by atoms with van der Waals surface area (Å²) in [6.45, 7) is 3.77. The fraction of sp³-hybridized carbons (Fsp3) is 0.375. The molecule has 0 spiro atoms. The number of carbonyl (C=O) groups excluding carboxylic acids is 1. The first-order chi connectivity index (χ1) is 14.3. The van der Waals surface area contributed by atoms with Gasteiger partial charge in [0, 0.05) is 17.8 Å². The predicted molar refractivity (Wildman–Crippen MR) is 113 cm³/mol. The van der Waals surface area contributed by atoms with Crippen molar-refractivity contribution in [3.63, 3.8) is 0 Å². The summed E-state index contributed by atoms with van der Waals surface area (Å²) >= 11 is 0. The Labute approximate surface area is 179 Å². The average Bonchev–Trinajstić information content (AvgIpc) is 2.66. The van der Waals surface area contributed by atoms with Crippen LogP contribution >= 0.6 is 0 Å². The number of ketones is 1. The normalized spacial score (nSPS) is 16.1. The Morgan fingerprint density at radius 3 is 2.45 bits per heavy atom. The highest BCUT2D eigenvalue weighted by Crippen LogP contribution is 2.43. The fourth-order valence-electron chi connectivity index (χ4n) is 4.24. The zero-order valence-corrected chi connectivity index (χ0v) is 17.6. The quantitative estimate of drug-likeness (QED) is 0.480. The number of hydrogen-bond acceptors (Lipinski definition) is 3. The first kappa shape index (κ1) is 23.0. The second kappa shape index (κ2) is 8.11.